The Labute approximate surface area is 130 Å². The summed E-state index contributed by atoms with van der Waals surface area (Å²) in [7, 11) is 0. The van der Waals surface area contributed by atoms with E-state index in [0.29, 0.717) is 13.0 Å². The van der Waals surface area contributed by atoms with Gasteiger partial charge in [0, 0.05) is 6.42 Å². The first-order valence-corrected chi connectivity index (χ1v) is 7.48. The van der Waals surface area contributed by atoms with Crippen molar-refractivity contribution < 1.29 is 9.53 Å². The molecule has 0 N–H and O–H groups in total. The number of hydrogen-bond acceptors (Lipinski definition) is 2. The van der Waals surface area contributed by atoms with Crippen molar-refractivity contribution in [3.8, 4) is 0 Å². The molecule has 3 aromatic carbocycles. The predicted molar refractivity (Wildman–Crippen MR) is 88.8 cm³/mol. The minimum atomic E-state index is -0.175. The quantitative estimate of drug-likeness (QED) is 0.659. The highest BCUT2D eigenvalue weighted by atomic mass is 16.5. The fourth-order valence-electron chi connectivity index (χ4n) is 2.49. The molecule has 3 aromatic rings. The van der Waals surface area contributed by atoms with Gasteiger partial charge in [0.25, 0.3) is 0 Å². The van der Waals surface area contributed by atoms with Gasteiger partial charge in [-0.1, -0.05) is 72.8 Å². The molecule has 0 spiro atoms. The predicted octanol–water partition coefficient (Wildman–Crippen LogP) is 4.17. The van der Waals surface area contributed by atoms with Crippen LogP contribution in [0.4, 0.5) is 0 Å². The number of esters is 1. The summed E-state index contributed by atoms with van der Waals surface area (Å²) in [5.74, 6) is -0.175. The third-order valence-electron chi connectivity index (χ3n) is 3.66. The highest BCUT2D eigenvalue weighted by molar-refractivity contribution is 5.84. The van der Waals surface area contributed by atoms with Crippen molar-refractivity contribution in [2.45, 2.75) is 12.8 Å². The van der Waals surface area contributed by atoms with E-state index in [-0.39, 0.29) is 5.97 Å². The summed E-state index contributed by atoms with van der Waals surface area (Å²) in [6.45, 7) is 0.427. The molecule has 0 saturated heterocycles. The molecule has 110 valence electrons. The SMILES string of the molecule is O=C(Cc1ccc2ccccc2c1)OCCc1ccccc1. The second-order valence-electron chi connectivity index (χ2n) is 5.31. The van der Waals surface area contributed by atoms with Crippen molar-refractivity contribution in [2.75, 3.05) is 6.61 Å². The minimum absolute atomic E-state index is 0.175. The van der Waals surface area contributed by atoms with Gasteiger partial charge in [-0.05, 0) is 21.9 Å². The molecule has 0 aliphatic heterocycles. The number of benzene rings is 3. The molecule has 2 heteroatoms. The fraction of sp³-hybridized carbons (Fsp3) is 0.150. The van der Waals surface area contributed by atoms with Crippen LogP contribution in [0.5, 0.6) is 0 Å². The van der Waals surface area contributed by atoms with Crippen LogP contribution >= 0.6 is 0 Å². The summed E-state index contributed by atoms with van der Waals surface area (Å²) in [5, 5.41) is 2.33. The first-order valence-electron chi connectivity index (χ1n) is 7.48. The summed E-state index contributed by atoms with van der Waals surface area (Å²) >= 11 is 0. The van der Waals surface area contributed by atoms with Crippen LogP contribution in [0, 0.1) is 0 Å². The second kappa shape index (κ2) is 6.90. The normalized spacial score (nSPS) is 10.5. The molecule has 0 heterocycles. The Kier molecular flexibility index (Phi) is 4.50. The monoisotopic (exact) mass is 290 g/mol. The Morgan fingerprint density at radius 2 is 1.50 bits per heavy atom. The summed E-state index contributed by atoms with van der Waals surface area (Å²) < 4.78 is 5.32. The Bertz CT molecular complexity index is 763. The summed E-state index contributed by atoms with van der Waals surface area (Å²) in [6.07, 6.45) is 1.07. The number of ether oxygens (including phenoxy) is 1. The molecule has 2 nitrogen and oxygen atoms in total. The molecule has 0 radical (unpaired) electrons. The van der Waals surface area contributed by atoms with Gasteiger partial charge >= 0.3 is 5.97 Å². The molecule has 0 saturated carbocycles. The molecule has 0 fully saturated rings. The van der Waals surface area contributed by atoms with Gasteiger partial charge in [-0.25, -0.2) is 0 Å². The number of carbonyl (C=O) groups excluding carboxylic acids is 1. The first kappa shape index (κ1) is 14.3. The van der Waals surface area contributed by atoms with E-state index in [0.717, 1.165) is 17.4 Å². The molecule has 22 heavy (non-hydrogen) atoms. The zero-order valence-corrected chi connectivity index (χ0v) is 12.4. The van der Waals surface area contributed by atoms with Crippen LogP contribution in [0.3, 0.4) is 0 Å². The molecule has 3 rings (SSSR count). The number of hydrogen-bond donors (Lipinski definition) is 0. The van der Waals surface area contributed by atoms with Crippen LogP contribution in [0.25, 0.3) is 10.8 Å². The van der Waals surface area contributed by atoms with Crippen LogP contribution in [0.15, 0.2) is 72.8 Å². The molecule has 0 aliphatic rings. The number of fused-ring (bicyclic) bond motifs is 1. The fourth-order valence-corrected chi connectivity index (χ4v) is 2.49. The van der Waals surface area contributed by atoms with Crippen LogP contribution in [0.2, 0.25) is 0 Å². The van der Waals surface area contributed by atoms with Gasteiger partial charge in [0.05, 0.1) is 13.0 Å². The van der Waals surface area contributed by atoms with Crippen molar-refractivity contribution >= 4 is 16.7 Å². The van der Waals surface area contributed by atoms with Crippen LogP contribution in [-0.2, 0) is 22.4 Å². The van der Waals surface area contributed by atoms with E-state index in [1.165, 1.54) is 10.9 Å². The molecular formula is C20H18O2. The molecule has 0 aromatic heterocycles. The average Bonchev–Trinajstić information content (AvgIpc) is 2.56. The van der Waals surface area contributed by atoms with E-state index in [2.05, 4.69) is 12.1 Å². The third kappa shape index (κ3) is 3.73. The summed E-state index contributed by atoms with van der Waals surface area (Å²) in [4.78, 5) is 11.9. The van der Waals surface area contributed by atoms with Crippen LogP contribution < -0.4 is 0 Å². The van der Waals surface area contributed by atoms with E-state index in [9.17, 15) is 4.79 Å². The van der Waals surface area contributed by atoms with Crippen molar-refractivity contribution in [3.63, 3.8) is 0 Å². The summed E-state index contributed by atoms with van der Waals surface area (Å²) in [5.41, 5.74) is 2.17. The van der Waals surface area contributed by atoms with Gasteiger partial charge in [0.2, 0.25) is 0 Å². The van der Waals surface area contributed by atoms with Crippen LogP contribution in [0.1, 0.15) is 11.1 Å². The number of carbonyl (C=O) groups is 1. The highest BCUT2D eigenvalue weighted by Crippen LogP contribution is 2.16. The summed E-state index contributed by atoms with van der Waals surface area (Å²) in [6, 6.07) is 24.3. The lowest BCUT2D eigenvalue weighted by Gasteiger charge is -2.06. The second-order valence-corrected chi connectivity index (χ2v) is 5.31. The van der Waals surface area contributed by atoms with Gasteiger partial charge in [-0.15, -0.1) is 0 Å². The van der Waals surface area contributed by atoms with E-state index in [1.807, 2.05) is 60.7 Å². The third-order valence-corrected chi connectivity index (χ3v) is 3.66. The van der Waals surface area contributed by atoms with Crippen LogP contribution in [-0.4, -0.2) is 12.6 Å². The van der Waals surface area contributed by atoms with Gasteiger partial charge in [-0.2, -0.15) is 0 Å². The Morgan fingerprint density at radius 1 is 0.773 bits per heavy atom. The van der Waals surface area contributed by atoms with Gasteiger partial charge in [0.15, 0.2) is 0 Å². The lowest BCUT2D eigenvalue weighted by atomic mass is 10.1. The molecule has 0 unspecified atom stereocenters. The zero-order valence-electron chi connectivity index (χ0n) is 12.4. The number of rotatable bonds is 5. The van der Waals surface area contributed by atoms with Gasteiger partial charge in [0.1, 0.15) is 0 Å². The van der Waals surface area contributed by atoms with E-state index < -0.39 is 0 Å². The topological polar surface area (TPSA) is 26.3 Å². The molecular weight excluding hydrogens is 272 g/mol. The van der Waals surface area contributed by atoms with Gasteiger partial charge in [-0.3, -0.25) is 4.79 Å². The van der Waals surface area contributed by atoms with Crippen molar-refractivity contribution in [3.05, 3.63) is 83.9 Å². The Balaban J connectivity index is 1.54. The van der Waals surface area contributed by atoms with E-state index in [4.69, 9.17) is 4.74 Å². The van der Waals surface area contributed by atoms with E-state index in [1.54, 1.807) is 0 Å². The highest BCUT2D eigenvalue weighted by Gasteiger charge is 2.05. The Hall–Kier alpha value is -2.61. The maximum atomic E-state index is 11.9. The Morgan fingerprint density at radius 3 is 2.32 bits per heavy atom. The molecule has 0 amide bonds. The first-order chi connectivity index (χ1) is 10.8. The maximum Gasteiger partial charge on any atom is 0.310 e. The van der Waals surface area contributed by atoms with E-state index >= 15 is 0 Å². The average molecular weight is 290 g/mol. The standard InChI is InChI=1S/C20H18O2/c21-20(22-13-12-16-6-2-1-3-7-16)15-17-10-11-18-8-4-5-9-19(18)14-17/h1-11,14H,12-13,15H2. The van der Waals surface area contributed by atoms with Crippen molar-refractivity contribution in [1.29, 1.82) is 0 Å². The minimum Gasteiger partial charge on any atom is -0.465 e. The van der Waals surface area contributed by atoms with Crippen molar-refractivity contribution in [1.82, 2.24) is 0 Å². The molecule has 0 aliphatic carbocycles. The smallest absolute Gasteiger partial charge is 0.310 e. The lowest BCUT2D eigenvalue weighted by Crippen LogP contribution is -2.10. The largest absolute Gasteiger partial charge is 0.465 e. The molecule has 0 atom stereocenters. The van der Waals surface area contributed by atoms with Crippen molar-refractivity contribution in [2.24, 2.45) is 0 Å². The maximum absolute atomic E-state index is 11.9. The van der Waals surface area contributed by atoms with Gasteiger partial charge < -0.3 is 4.74 Å². The lowest BCUT2D eigenvalue weighted by molar-refractivity contribution is -0.142. The zero-order chi connectivity index (χ0) is 15.2. The molecule has 0 bridgehead atoms.